The molecule has 0 fully saturated rings. The normalized spacial score (nSPS) is 10.6. The minimum absolute atomic E-state index is 0. The van der Waals surface area contributed by atoms with E-state index in [0.717, 1.165) is 0 Å². The molecule has 0 aliphatic carbocycles. The Bertz CT molecular complexity index is 263. The molecule has 0 spiro atoms. The van der Waals surface area contributed by atoms with Crippen LogP contribution in [-0.2, 0) is 44.9 Å². The number of nitrogens with two attached hydrogens (primary N) is 2. The van der Waals surface area contributed by atoms with E-state index in [1.807, 2.05) is 0 Å². The third-order valence-corrected chi connectivity index (χ3v) is 0.894. The van der Waals surface area contributed by atoms with E-state index in [0.29, 0.717) is 5.71 Å². The van der Waals surface area contributed by atoms with Gasteiger partial charge in [-0.25, -0.2) is 0 Å². The van der Waals surface area contributed by atoms with Crippen LogP contribution in [0.3, 0.4) is 0 Å². The Labute approximate surface area is 106 Å². The Morgan fingerprint density at radius 3 is 2.14 bits per heavy atom. The van der Waals surface area contributed by atoms with Crippen LogP contribution in [-0.4, -0.2) is 22.2 Å². The first-order valence-corrected chi connectivity index (χ1v) is 4.04. The first-order chi connectivity index (χ1) is 6.02. The fourth-order valence-corrected chi connectivity index (χ4v) is 0.424. The summed E-state index contributed by atoms with van der Waals surface area (Å²) in [6, 6.07) is 0. The van der Waals surface area contributed by atoms with E-state index in [1.54, 1.807) is 6.92 Å². The minimum Gasteiger partial charge on any atom is -0.515 e. The van der Waals surface area contributed by atoms with Gasteiger partial charge in [-0.15, -0.1) is 0 Å². The maximum Gasteiger partial charge on any atom is 0.183 e. The summed E-state index contributed by atoms with van der Waals surface area (Å²) in [4.78, 5) is 0. The van der Waals surface area contributed by atoms with Gasteiger partial charge in [0.15, 0.2) is 34.7 Å². The number of thiol groups is 2. The third-order valence-electron chi connectivity index (χ3n) is 0.715. The molecular formula is C5H10N6PdS2. The van der Waals surface area contributed by atoms with Gasteiger partial charge < -0.3 is 21.1 Å². The van der Waals surface area contributed by atoms with Gasteiger partial charge in [0.25, 0.3) is 0 Å². The van der Waals surface area contributed by atoms with Gasteiger partial charge in [-0.05, 0) is 6.92 Å². The molecular weight excluding hydrogens is 315 g/mol. The molecule has 0 saturated carbocycles. The molecule has 0 heterocycles. The van der Waals surface area contributed by atoms with E-state index in [9.17, 15) is 0 Å². The van der Waals surface area contributed by atoms with Gasteiger partial charge in [0.2, 0.25) is 0 Å². The molecule has 0 rings (SSSR count). The molecule has 0 aromatic carbocycles. The number of rotatable bonds is 3. The molecule has 0 unspecified atom stereocenters. The predicted molar refractivity (Wildman–Crippen MR) is 64.2 cm³/mol. The Balaban J connectivity index is 0. The first kappa shape index (κ1) is 16.1. The van der Waals surface area contributed by atoms with Crippen molar-refractivity contribution in [1.29, 1.82) is 0 Å². The van der Waals surface area contributed by atoms with Crippen molar-refractivity contribution in [3.63, 3.8) is 0 Å². The van der Waals surface area contributed by atoms with E-state index < -0.39 is 0 Å². The largest absolute Gasteiger partial charge is 0.515 e. The van der Waals surface area contributed by atoms with Crippen LogP contribution in [0.4, 0.5) is 0 Å². The molecule has 14 heavy (non-hydrogen) atoms. The van der Waals surface area contributed by atoms with Crippen LogP contribution in [0.2, 0.25) is 0 Å². The zero-order valence-corrected chi connectivity index (χ0v) is 10.6. The summed E-state index contributed by atoms with van der Waals surface area (Å²) >= 11 is 7.41. The van der Waals surface area contributed by atoms with E-state index in [2.05, 4.69) is 45.5 Å². The molecule has 0 aromatic rings. The molecule has 0 amide bonds. The molecule has 0 aliphatic heterocycles. The second kappa shape index (κ2) is 9.26. The van der Waals surface area contributed by atoms with Crippen molar-refractivity contribution in [3.8, 4) is 0 Å². The van der Waals surface area contributed by atoms with Gasteiger partial charge in [0, 0.05) is 32.3 Å². The number of nitrogens with zero attached hydrogens (tertiary/aromatic N) is 4. The van der Waals surface area contributed by atoms with Crippen LogP contribution in [0.1, 0.15) is 6.92 Å². The molecule has 0 saturated heterocycles. The van der Waals surface area contributed by atoms with Crippen molar-refractivity contribution in [3.05, 3.63) is 10.9 Å². The van der Waals surface area contributed by atoms with E-state index in [-0.39, 0.29) is 30.6 Å². The molecule has 9 heteroatoms. The average Bonchev–Trinajstić information content (AvgIpc) is 2.00. The first-order valence-electron chi connectivity index (χ1n) is 3.14. The summed E-state index contributed by atoms with van der Waals surface area (Å²) in [6.07, 6.45) is 1.36. The van der Waals surface area contributed by atoms with Crippen molar-refractivity contribution in [1.82, 2.24) is 0 Å². The second-order valence-corrected chi connectivity index (χ2v) is 2.82. The van der Waals surface area contributed by atoms with Gasteiger partial charge in [0.05, 0.1) is 0 Å². The molecule has 0 atom stereocenters. The van der Waals surface area contributed by atoms with Crippen LogP contribution in [0.5, 0.6) is 0 Å². The maximum atomic E-state index is 5.12. The summed E-state index contributed by atoms with van der Waals surface area (Å²) in [6.45, 7) is 1.67. The van der Waals surface area contributed by atoms with Gasteiger partial charge in [-0.1, -0.05) is 0 Å². The SMILES string of the molecule is CC(C=N[N-]C(N)=[SH+])=N[N-]C(N)=[SH+].[Pd]. The van der Waals surface area contributed by atoms with Gasteiger partial charge in [0.1, 0.15) is 0 Å². The summed E-state index contributed by atoms with van der Waals surface area (Å²) < 4.78 is 0. The topological polar surface area (TPSA) is 105 Å². The number of hydrogen-bond acceptors (Lipinski definition) is 2. The minimum atomic E-state index is 0. The Kier molecular flexibility index (Phi) is 10.7. The molecule has 0 aromatic heterocycles. The summed E-state index contributed by atoms with van der Waals surface area (Å²) in [5.74, 6) is 0. The fraction of sp³-hybridized carbons (Fsp3) is 0.200. The number of hydrogen-bond donors (Lipinski definition) is 2. The Morgan fingerprint density at radius 1 is 1.21 bits per heavy atom. The van der Waals surface area contributed by atoms with E-state index >= 15 is 0 Å². The van der Waals surface area contributed by atoms with Crippen LogP contribution < -0.4 is 11.5 Å². The standard InChI is InChI=1S/C5H10N6S2.Pd/c1-3(9-11-5(7)13)2-8-10-4(6)12;/h2H,1H3,(H6,6,7,8,9,10,11,12,13);. The average molecular weight is 325 g/mol. The van der Waals surface area contributed by atoms with Crippen molar-refractivity contribution in [2.75, 3.05) is 0 Å². The quantitative estimate of drug-likeness (QED) is 0.169. The second-order valence-electron chi connectivity index (χ2n) is 1.90. The molecule has 4 N–H and O–H groups in total. The summed E-state index contributed by atoms with van der Waals surface area (Å²) in [5.41, 5.74) is 17.7. The smallest absolute Gasteiger partial charge is 0.183 e. The molecule has 82 valence electrons. The zero-order chi connectivity index (χ0) is 10.3. The van der Waals surface area contributed by atoms with Crippen molar-refractivity contribution in [2.24, 2.45) is 21.7 Å². The molecule has 0 aliphatic rings. The van der Waals surface area contributed by atoms with Crippen molar-refractivity contribution < 1.29 is 20.4 Å². The Hall–Kier alpha value is -0.298. The van der Waals surface area contributed by atoms with Crippen LogP contribution in [0, 0.1) is 0 Å². The van der Waals surface area contributed by atoms with Crippen LogP contribution in [0.25, 0.3) is 10.9 Å². The van der Waals surface area contributed by atoms with Gasteiger partial charge in [-0.3, -0.25) is 11.5 Å². The predicted octanol–water partition coefficient (Wildman–Crippen LogP) is -1.26. The monoisotopic (exact) mass is 324 g/mol. The molecule has 0 radical (unpaired) electrons. The summed E-state index contributed by atoms with van der Waals surface area (Å²) in [7, 11) is 0. The van der Waals surface area contributed by atoms with E-state index in [4.69, 9.17) is 11.5 Å². The zero-order valence-electron chi connectivity index (χ0n) is 7.23. The van der Waals surface area contributed by atoms with Gasteiger partial charge >= 0.3 is 0 Å². The third kappa shape index (κ3) is 11.7. The van der Waals surface area contributed by atoms with Crippen molar-refractivity contribution in [2.45, 2.75) is 6.92 Å². The fourth-order valence-electron chi connectivity index (χ4n) is 0.327. The maximum absolute atomic E-state index is 5.12. The Morgan fingerprint density at radius 2 is 1.71 bits per heavy atom. The molecule has 0 bridgehead atoms. The molecule has 6 nitrogen and oxygen atoms in total. The summed E-state index contributed by atoms with van der Waals surface area (Å²) in [5, 5.41) is 7.33. The van der Waals surface area contributed by atoms with Gasteiger partial charge in [-0.2, -0.15) is 0 Å². The van der Waals surface area contributed by atoms with Crippen LogP contribution in [0.15, 0.2) is 10.2 Å². The van der Waals surface area contributed by atoms with Crippen LogP contribution >= 0.6 is 0 Å². The van der Waals surface area contributed by atoms with E-state index in [1.165, 1.54) is 6.21 Å². The van der Waals surface area contributed by atoms with Crippen molar-refractivity contribution >= 4 is 46.6 Å².